The average Bonchev–Trinajstić information content (AvgIpc) is 3.08. The molecule has 0 radical (unpaired) electrons. The third-order valence-corrected chi connectivity index (χ3v) is 3.73. The molecule has 0 amide bonds. The van der Waals surface area contributed by atoms with Gasteiger partial charge in [0.2, 0.25) is 0 Å². The first-order valence-corrected chi connectivity index (χ1v) is 6.86. The van der Waals surface area contributed by atoms with Gasteiger partial charge in [-0.25, -0.2) is 13.8 Å². The number of halogens is 2. The predicted octanol–water partition coefficient (Wildman–Crippen LogP) is 2.99. The number of alkyl halides is 2. The highest BCUT2D eigenvalue weighted by Crippen LogP contribution is 2.35. The molecule has 0 saturated carbocycles. The smallest absolute Gasteiger partial charge is 0.270 e. The number of nitrogens with two attached hydrogens (primary N) is 1. The Kier molecular flexibility index (Phi) is 3.41. The number of hydrogen-bond acceptors (Lipinski definition) is 4. The molecule has 0 aliphatic carbocycles. The fourth-order valence-corrected chi connectivity index (χ4v) is 2.57. The van der Waals surface area contributed by atoms with E-state index in [2.05, 4.69) is 4.98 Å². The molecule has 0 spiro atoms. The standard InChI is InChI=1S/C15H17F2N3O/c1-15(16,17)11-4-10(14-7-19-9-21-14)5-13(6-11)20-3-2-12(18)8-20/h4-7,9,12H,2-3,8,18H2,1H3. The Bertz CT molecular complexity index is 622. The summed E-state index contributed by atoms with van der Waals surface area (Å²) < 4.78 is 32.7. The molecule has 1 aliphatic rings. The van der Waals surface area contributed by atoms with E-state index in [9.17, 15) is 8.78 Å². The molecule has 21 heavy (non-hydrogen) atoms. The van der Waals surface area contributed by atoms with Gasteiger partial charge in [0.15, 0.2) is 12.2 Å². The van der Waals surface area contributed by atoms with Crippen molar-refractivity contribution < 1.29 is 13.2 Å². The lowest BCUT2D eigenvalue weighted by atomic mass is 10.0. The Balaban J connectivity index is 2.05. The summed E-state index contributed by atoms with van der Waals surface area (Å²) in [5, 5.41) is 0. The monoisotopic (exact) mass is 293 g/mol. The zero-order valence-electron chi connectivity index (χ0n) is 11.7. The van der Waals surface area contributed by atoms with Gasteiger partial charge in [-0.15, -0.1) is 0 Å². The highest BCUT2D eigenvalue weighted by Gasteiger charge is 2.28. The Morgan fingerprint density at radius 1 is 1.38 bits per heavy atom. The largest absolute Gasteiger partial charge is 0.444 e. The fourth-order valence-electron chi connectivity index (χ4n) is 2.57. The van der Waals surface area contributed by atoms with Crippen LogP contribution in [0.25, 0.3) is 11.3 Å². The van der Waals surface area contributed by atoms with Gasteiger partial charge in [0.1, 0.15) is 0 Å². The van der Waals surface area contributed by atoms with Crippen LogP contribution in [0, 0.1) is 0 Å². The molecule has 6 heteroatoms. The minimum Gasteiger partial charge on any atom is -0.444 e. The number of nitrogens with zero attached hydrogens (tertiary/aromatic N) is 2. The summed E-state index contributed by atoms with van der Waals surface area (Å²) in [5.74, 6) is -2.43. The molecule has 0 bridgehead atoms. The second-order valence-electron chi connectivity index (χ2n) is 5.52. The van der Waals surface area contributed by atoms with Gasteiger partial charge < -0.3 is 15.1 Å². The molecule has 2 N–H and O–H groups in total. The SMILES string of the molecule is CC(F)(F)c1cc(-c2cnco2)cc(N2CCC(N)C2)c1. The molecule has 3 rings (SSSR count). The van der Waals surface area contributed by atoms with Crippen LogP contribution in [-0.2, 0) is 5.92 Å². The zero-order chi connectivity index (χ0) is 15.0. The molecule has 4 nitrogen and oxygen atoms in total. The molecule has 112 valence electrons. The first kappa shape index (κ1) is 14.0. The van der Waals surface area contributed by atoms with Crippen LogP contribution < -0.4 is 10.6 Å². The summed E-state index contributed by atoms with van der Waals surface area (Å²) in [6, 6.07) is 4.90. The van der Waals surface area contributed by atoms with Crippen molar-refractivity contribution in [3.05, 3.63) is 36.4 Å². The molecule has 2 heterocycles. The molecule has 1 aliphatic heterocycles. The van der Waals surface area contributed by atoms with Gasteiger partial charge in [0.25, 0.3) is 5.92 Å². The van der Waals surface area contributed by atoms with Crippen LogP contribution in [0.5, 0.6) is 0 Å². The van der Waals surface area contributed by atoms with Crippen molar-refractivity contribution in [2.75, 3.05) is 18.0 Å². The van der Waals surface area contributed by atoms with Crippen LogP contribution >= 0.6 is 0 Å². The van der Waals surface area contributed by atoms with E-state index in [-0.39, 0.29) is 11.6 Å². The number of benzene rings is 1. The van der Waals surface area contributed by atoms with Crippen LogP contribution in [0.15, 0.2) is 35.2 Å². The van der Waals surface area contributed by atoms with Crippen molar-refractivity contribution in [1.82, 2.24) is 4.98 Å². The second-order valence-corrected chi connectivity index (χ2v) is 5.52. The molecule has 1 atom stereocenters. The molecule has 1 aromatic heterocycles. The van der Waals surface area contributed by atoms with E-state index in [4.69, 9.17) is 10.2 Å². The molecular formula is C15H17F2N3O. The summed E-state index contributed by atoms with van der Waals surface area (Å²) in [6.07, 6.45) is 3.67. The third kappa shape index (κ3) is 2.90. The van der Waals surface area contributed by atoms with E-state index in [1.165, 1.54) is 24.7 Å². The van der Waals surface area contributed by atoms with Crippen LogP contribution in [0.4, 0.5) is 14.5 Å². The van der Waals surface area contributed by atoms with E-state index in [0.29, 0.717) is 17.9 Å². The van der Waals surface area contributed by atoms with Gasteiger partial charge >= 0.3 is 0 Å². The van der Waals surface area contributed by atoms with Crippen molar-refractivity contribution in [2.45, 2.75) is 25.3 Å². The number of aromatic nitrogens is 1. The quantitative estimate of drug-likeness (QED) is 0.945. The normalized spacial score (nSPS) is 19.2. The maximum atomic E-state index is 13.7. The number of hydrogen-bond donors (Lipinski definition) is 1. The van der Waals surface area contributed by atoms with Crippen molar-refractivity contribution in [2.24, 2.45) is 5.73 Å². The molecule has 1 unspecified atom stereocenters. The van der Waals surface area contributed by atoms with E-state index in [1.807, 2.05) is 11.0 Å². The van der Waals surface area contributed by atoms with E-state index in [0.717, 1.165) is 25.6 Å². The summed E-state index contributed by atoms with van der Waals surface area (Å²) in [4.78, 5) is 5.87. The van der Waals surface area contributed by atoms with Crippen LogP contribution in [0.3, 0.4) is 0 Å². The lowest BCUT2D eigenvalue weighted by molar-refractivity contribution is 0.0175. The lowest BCUT2D eigenvalue weighted by Crippen LogP contribution is -2.26. The van der Waals surface area contributed by atoms with E-state index < -0.39 is 5.92 Å². The van der Waals surface area contributed by atoms with Gasteiger partial charge in [-0.2, -0.15) is 0 Å². The van der Waals surface area contributed by atoms with Crippen molar-refractivity contribution >= 4 is 5.69 Å². The van der Waals surface area contributed by atoms with Crippen molar-refractivity contribution in [3.8, 4) is 11.3 Å². The molecule has 2 aromatic rings. The molecule has 1 fully saturated rings. The van der Waals surface area contributed by atoms with Crippen molar-refractivity contribution in [1.29, 1.82) is 0 Å². The van der Waals surface area contributed by atoms with Gasteiger partial charge in [-0.1, -0.05) is 0 Å². The first-order chi connectivity index (χ1) is 9.93. The summed E-state index contributed by atoms with van der Waals surface area (Å²) >= 11 is 0. The highest BCUT2D eigenvalue weighted by atomic mass is 19.3. The maximum absolute atomic E-state index is 13.7. The third-order valence-electron chi connectivity index (χ3n) is 3.73. The van der Waals surface area contributed by atoms with Crippen LogP contribution in [0.1, 0.15) is 18.9 Å². The average molecular weight is 293 g/mol. The number of anilines is 1. The number of oxazole rings is 1. The molecule has 1 aromatic carbocycles. The Labute approximate surface area is 121 Å². The minimum absolute atomic E-state index is 0.0353. The topological polar surface area (TPSA) is 55.3 Å². The molecular weight excluding hydrogens is 276 g/mol. The molecule has 1 saturated heterocycles. The highest BCUT2D eigenvalue weighted by molar-refractivity contribution is 5.66. The Morgan fingerprint density at radius 3 is 2.76 bits per heavy atom. The van der Waals surface area contributed by atoms with Crippen LogP contribution in [0.2, 0.25) is 0 Å². The minimum atomic E-state index is -2.91. The van der Waals surface area contributed by atoms with E-state index >= 15 is 0 Å². The van der Waals surface area contributed by atoms with Crippen molar-refractivity contribution in [3.63, 3.8) is 0 Å². The zero-order valence-corrected chi connectivity index (χ0v) is 11.7. The number of rotatable bonds is 3. The van der Waals surface area contributed by atoms with Gasteiger partial charge in [0.05, 0.1) is 6.20 Å². The van der Waals surface area contributed by atoms with Gasteiger partial charge in [0, 0.05) is 42.9 Å². The summed E-state index contributed by atoms with van der Waals surface area (Å²) in [6.45, 7) is 2.34. The van der Waals surface area contributed by atoms with Gasteiger partial charge in [-0.05, 0) is 24.6 Å². The van der Waals surface area contributed by atoms with Crippen LogP contribution in [-0.4, -0.2) is 24.1 Å². The summed E-state index contributed by atoms with van der Waals surface area (Å²) in [5.41, 5.74) is 7.21. The Hall–Kier alpha value is -1.95. The lowest BCUT2D eigenvalue weighted by Gasteiger charge is -2.21. The van der Waals surface area contributed by atoms with E-state index in [1.54, 1.807) is 0 Å². The Morgan fingerprint density at radius 2 is 2.19 bits per heavy atom. The van der Waals surface area contributed by atoms with Gasteiger partial charge in [-0.3, -0.25) is 0 Å². The predicted molar refractivity (Wildman–Crippen MR) is 76.3 cm³/mol. The fraction of sp³-hybridized carbons (Fsp3) is 0.400. The second kappa shape index (κ2) is 5.11. The summed E-state index contributed by atoms with van der Waals surface area (Å²) in [7, 11) is 0. The first-order valence-electron chi connectivity index (χ1n) is 6.86. The maximum Gasteiger partial charge on any atom is 0.270 e.